The summed E-state index contributed by atoms with van der Waals surface area (Å²) in [5.74, 6) is -19.4. The van der Waals surface area contributed by atoms with Crippen molar-refractivity contribution in [3.05, 3.63) is 69.8 Å². The first kappa shape index (κ1) is 77.6. The van der Waals surface area contributed by atoms with E-state index in [9.17, 15) is 113 Å². The van der Waals surface area contributed by atoms with Crippen molar-refractivity contribution in [2.75, 3.05) is 11.5 Å². The number of aryl methyl sites for hydroxylation is 2. The van der Waals surface area contributed by atoms with Crippen LogP contribution in [0.3, 0.4) is 0 Å². The fourth-order valence-electron chi connectivity index (χ4n) is 11.4. The largest absolute Gasteiger partial charge is 0.430 e. The van der Waals surface area contributed by atoms with E-state index >= 15 is 52.7 Å². The molecule has 2 aromatic rings. The van der Waals surface area contributed by atoms with Gasteiger partial charge in [-0.15, -0.1) is 0 Å². The molecule has 0 saturated heterocycles. The number of rotatable bonds is 20. The van der Waals surface area contributed by atoms with Crippen LogP contribution in [0.5, 0.6) is 0 Å². The third-order valence-electron chi connectivity index (χ3n) is 15.8. The molecule has 0 bridgehead atoms. The smallest absolute Gasteiger partial charge is 0.376 e. The van der Waals surface area contributed by atoms with Gasteiger partial charge in [0.1, 0.15) is 0 Å². The molecule has 0 aliphatic heterocycles. The van der Waals surface area contributed by atoms with Crippen molar-refractivity contribution in [2.45, 2.75) is 197 Å². The minimum atomic E-state index is -9.31. The van der Waals surface area contributed by atoms with Gasteiger partial charge in [0.05, 0.1) is 10.3 Å². The molecule has 3 unspecified atom stereocenters. The number of hydrogen-bond acceptors (Lipinski definition) is 4. The van der Waals surface area contributed by atoms with Crippen LogP contribution >= 0.6 is 10.0 Å². The van der Waals surface area contributed by atoms with Gasteiger partial charge in [-0.3, -0.25) is 0 Å². The van der Waals surface area contributed by atoms with Crippen LogP contribution in [-0.2, 0) is 35.2 Å². The van der Waals surface area contributed by atoms with E-state index < -0.39 is 249 Å². The maximum Gasteiger partial charge on any atom is 0.430 e. The molecule has 2 rings (SSSR count). The highest BCUT2D eigenvalue weighted by Gasteiger charge is 2.94. The van der Waals surface area contributed by atoms with Gasteiger partial charge in [-0.05, 0) is 106 Å². The zero-order valence-electron chi connectivity index (χ0n) is 43.8. The van der Waals surface area contributed by atoms with Gasteiger partial charge in [0.25, 0.3) is 16.8 Å². The number of halogens is 33. The Morgan fingerprint density at radius 2 is 0.635 bits per heavy atom. The van der Waals surface area contributed by atoms with Gasteiger partial charge in [0, 0.05) is 21.1 Å². The lowest BCUT2D eigenvalue weighted by molar-refractivity contribution is -0.378. The Morgan fingerprint density at radius 3 is 0.835 bits per heavy atom. The molecule has 0 radical (unpaired) electrons. The third kappa shape index (κ3) is 12.5. The number of benzene rings is 2. The highest BCUT2D eigenvalue weighted by atomic mass is 32.3. The molecule has 85 heavy (non-hydrogen) atoms. The summed E-state index contributed by atoms with van der Waals surface area (Å²) in [6.45, 7) is -0.224. The summed E-state index contributed by atoms with van der Waals surface area (Å²) in [6, 6.07) is -4.49. The molecular weight excluding hydrogens is 1300 g/mol. The van der Waals surface area contributed by atoms with Crippen LogP contribution in [-0.4, -0.2) is 117 Å². The highest BCUT2D eigenvalue weighted by Crippen LogP contribution is 2.81. The first-order valence-electron chi connectivity index (χ1n) is 23.9. The number of hydrogen-bond donors (Lipinski definition) is 4. The maximum absolute atomic E-state index is 16.5. The summed E-state index contributed by atoms with van der Waals surface area (Å²) in [6.07, 6.45) is -79.6. The molecular formula is C46H49F33O4SSi. The quantitative estimate of drug-likeness (QED) is 0.0787. The summed E-state index contributed by atoms with van der Waals surface area (Å²) < 4.78 is 488. The zero-order valence-corrected chi connectivity index (χ0v) is 45.6. The molecule has 2 aromatic carbocycles. The van der Waals surface area contributed by atoms with E-state index in [1.54, 1.807) is 0 Å². The van der Waals surface area contributed by atoms with Crippen LogP contribution in [0.25, 0.3) is 0 Å². The molecule has 4 N–H and O–H groups in total. The minimum absolute atomic E-state index is 0.0662. The Bertz CT molecular complexity index is 2470. The predicted molar refractivity (Wildman–Crippen MR) is 237 cm³/mol. The Hall–Kier alpha value is -3.46. The summed E-state index contributed by atoms with van der Waals surface area (Å²) in [5.41, 5.74) is -39.0. The van der Waals surface area contributed by atoms with Crippen molar-refractivity contribution in [3.8, 4) is 0 Å². The molecule has 0 aliphatic carbocycles. The van der Waals surface area contributed by atoms with E-state index in [4.69, 9.17) is 0 Å². The topological polar surface area (TPSA) is 80.9 Å². The van der Waals surface area contributed by atoms with Crippen molar-refractivity contribution in [3.63, 3.8) is 0 Å². The van der Waals surface area contributed by atoms with Crippen LogP contribution in [0, 0.1) is 0 Å². The predicted octanol–water partition coefficient (Wildman–Crippen LogP) is 17.6. The molecule has 0 fully saturated rings. The molecule has 0 heterocycles. The monoisotopic (exact) mass is 1350 g/mol. The summed E-state index contributed by atoms with van der Waals surface area (Å²) >= 11 is 0. The molecule has 0 aliphatic rings. The third-order valence-corrected chi connectivity index (χ3v) is 30.0. The Labute approximate surface area is 461 Å². The molecule has 498 valence electrons. The number of alkyl halides is 33. The average molecular weight is 1350 g/mol. The Morgan fingerprint density at radius 1 is 0.376 bits per heavy atom. The molecule has 0 amide bonds. The summed E-state index contributed by atoms with van der Waals surface area (Å²) in [7, 11) is -15.3. The molecule has 39 heteroatoms. The first-order valence-corrected chi connectivity index (χ1v) is 28.0. The van der Waals surface area contributed by atoms with E-state index in [2.05, 4.69) is 0 Å². The minimum Gasteiger partial charge on any atom is -0.376 e. The van der Waals surface area contributed by atoms with Crippen molar-refractivity contribution in [1.82, 2.24) is 0 Å². The molecule has 0 saturated carbocycles. The second kappa shape index (κ2) is 23.4. The molecule has 3 atom stereocenters. The van der Waals surface area contributed by atoms with Crippen molar-refractivity contribution < 1.29 is 165 Å². The Balaban J connectivity index is 3.66. The average Bonchev–Trinajstić information content (AvgIpc) is 0.674. The first-order chi connectivity index (χ1) is 37.2. The maximum atomic E-state index is 16.5. The lowest BCUT2D eigenvalue weighted by Gasteiger charge is -2.68. The fourth-order valence-corrected chi connectivity index (χ4v) is 27.5. The van der Waals surface area contributed by atoms with Gasteiger partial charge in [0.15, 0.2) is 5.60 Å². The van der Waals surface area contributed by atoms with Crippen LogP contribution in [0.15, 0.2) is 36.4 Å². The van der Waals surface area contributed by atoms with Crippen LogP contribution in [0.2, 0.25) is 5.04 Å². The fraction of sp³-hybridized carbons (Fsp3) is 0.739. The molecule has 0 spiro atoms. The van der Waals surface area contributed by atoms with E-state index in [0.29, 0.717) is 0 Å². The van der Waals surface area contributed by atoms with Crippen LogP contribution in [0.4, 0.5) is 145 Å². The van der Waals surface area contributed by atoms with Gasteiger partial charge in [0.2, 0.25) is 0 Å². The summed E-state index contributed by atoms with van der Waals surface area (Å²) in [5, 5.41) is 31.5. The van der Waals surface area contributed by atoms with Crippen molar-refractivity contribution in [1.29, 1.82) is 0 Å². The van der Waals surface area contributed by atoms with Gasteiger partial charge < -0.3 is 20.4 Å². The molecule has 4 nitrogen and oxygen atoms in total. The normalized spacial score (nSPS) is 17.6. The van der Waals surface area contributed by atoms with Gasteiger partial charge in [-0.2, -0.15) is 145 Å². The van der Waals surface area contributed by atoms with Crippen molar-refractivity contribution >= 4 is 18.1 Å². The lowest BCUT2D eigenvalue weighted by Crippen LogP contribution is -2.84. The second-order valence-electron chi connectivity index (χ2n) is 20.0. The summed E-state index contributed by atoms with van der Waals surface area (Å²) in [4.78, 5) is 0. The van der Waals surface area contributed by atoms with E-state index in [-0.39, 0.29) is 47.6 Å². The Kier molecular flexibility index (Phi) is 21.4. The van der Waals surface area contributed by atoms with Gasteiger partial charge >= 0.3 is 75.3 Å². The highest BCUT2D eigenvalue weighted by molar-refractivity contribution is 8.36. The number of aliphatic hydroxyl groups is 4. The van der Waals surface area contributed by atoms with Gasteiger partial charge in [-0.25, -0.2) is 10.0 Å². The standard InChI is InChI=1S/C46H49F33O4SSi/c1-7-31(8-2,38(53,54)55)85(45(74,75)76,46(77,78)79)32(9-3,10-4)84(23(5)36(47,48)49,15-11-13-24-17-26(30(6,80)37(50,51)52)21-27(18-24)33(81,39(56,57)58)40(59,60)61)16-12-14-25-19-28(34(82,41(62,63)64)42(65,66)67)22-29(20-25)35(83,43(68,69)70)44(71,72)73/h17-23,80-83H,7-16H2,1-6H3. The van der Waals surface area contributed by atoms with Crippen molar-refractivity contribution in [2.24, 2.45) is 0 Å². The lowest BCUT2D eigenvalue weighted by atomic mass is 9.83. The van der Waals surface area contributed by atoms with Crippen LogP contribution in [0.1, 0.15) is 113 Å². The second-order valence-corrected chi connectivity index (χ2v) is 29.1. The SMILES string of the molecule is CCC(CC)(C(F)(F)F)[Si](C(F)(F)F)(C(F)(F)F)C(CC)(CC)S(CCCc1cc(C(C)(O)C(F)(F)F)cc(C(O)(C(F)(F)F)C(F)(F)F)c1)(CCCc1cc(C(O)(C(F)(F)F)C(F)(F)F)cc(C(O)(C(F)(F)F)C(F)(F)F)c1)C(C)C(F)(F)F. The molecule has 0 aromatic heterocycles. The van der Waals surface area contributed by atoms with E-state index in [1.165, 1.54) is 0 Å². The van der Waals surface area contributed by atoms with Gasteiger partial charge in [-0.1, -0.05) is 52.0 Å². The van der Waals surface area contributed by atoms with Crippen LogP contribution < -0.4 is 0 Å². The van der Waals surface area contributed by atoms with E-state index in [0.717, 1.165) is 0 Å². The van der Waals surface area contributed by atoms with E-state index in [1.807, 2.05) is 0 Å². The zero-order chi connectivity index (χ0) is 67.9.